The fraction of sp³-hybridized carbons (Fsp3) is 0.545. The Hall–Kier alpha value is -2.74. The smallest absolute Gasteiger partial charge is 0.310 e. The number of hydrogen-bond donors (Lipinski definition) is 1. The van der Waals surface area contributed by atoms with E-state index in [0.717, 1.165) is 0 Å². The van der Waals surface area contributed by atoms with Crippen molar-refractivity contribution in [3.05, 3.63) is 40.9 Å². The molecule has 2 aliphatic heterocycles. The zero-order valence-electron chi connectivity index (χ0n) is 17.3. The van der Waals surface area contributed by atoms with Gasteiger partial charge < -0.3 is 14.7 Å². The number of carbonyl (C=O) groups is 2. The molecule has 0 radical (unpaired) electrons. The van der Waals surface area contributed by atoms with Crippen molar-refractivity contribution in [3.8, 4) is 0 Å². The van der Waals surface area contributed by atoms with Crippen molar-refractivity contribution in [3.63, 3.8) is 0 Å². The summed E-state index contributed by atoms with van der Waals surface area (Å²) in [7, 11) is 0. The molecule has 8 heteroatoms. The van der Waals surface area contributed by atoms with Crippen LogP contribution in [0.25, 0.3) is 10.9 Å². The second-order valence-corrected chi connectivity index (χ2v) is 9.09. The van der Waals surface area contributed by atoms with Gasteiger partial charge in [0.1, 0.15) is 5.60 Å². The van der Waals surface area contributed by atoms with Crippen LogP contribution in [0.3, 0.4) is 0 Å². The number of benzene rings is 1. The normalized spacial score (nSPS) is 22.8. The first-order valence-corrected chi connectivity index (χ1v) is 10.3. The summed E-state index contributed by atoms with van der Waals surface area (Å²) in [5.41, 5.74) is -1.17. The predicted molar refractivity (Wildman–Crippen MR) is 110 cm³/mol. The quantitative estimate of drug-likeness (QED) is 0.762. The molecule has 1 N–H and O–H groups in total. The number of aromatic nitrogens is 2. The molecule has 1 amide bonds. The van der Waals surface area contributed by atoms with E-state index in [2.05, 4.69) is 4.98 Å². The summed E-state index contributed by atoms with van der Waals surface area (Å²) >= 11 is 0. The highest BCUT2D eigenvalue weighted by molar-refractivity contribution is 5.84. The number of piperidine rings is 1. The number of para-hydroxylation sites is 1. The van der Waals surface area contributed by atoms with Crippen LogP contribution in [0.1, 0.15) is 39.5 Å². The average Bonchev–Trinajstić information content (AvgIpc) is 2.96. The first-order chi connectivity index (χ1) is 14.2. The maximum Gasteiger partial charge on any atom is 0.310 e. The van der Waals surface area contributed by atoms with Crippen molar-refractivity contribution in [2.75, 3.05) is 13.1 Å². The Labute approximate surface area is 174 Å². The van der Waals surface area contributed by atoms with Crippen LogP contribution in [0.2, 0.25) is 0 Å². The molecule has 1 unspecified atom stereocenters. The van der Waals surface area contributed by atoms with E-state index in [1.807, 2.05) is 19.9 Å². The van der Waals surface area contributed by atoms with Gasteiger partial charge in [0, 0.05) is 25.9 Å². The minimum atomic E-state index is -1.08. The van der Waals surface area contributed by atoms with E-state index in [1.54, 1.807) is 23.1 Å². The molecule has 2 aromatic rings. The summed E-state index contributed by atoms with van der Waals surface area (Å²) in [5.74, 6) is -0.818. The topological polar surface area (TPSA) is 102 Å². The standard InChI is InChI=1S/C22H27N3O5/c1-21(2)12-15(20(28)30-21)11-18(26)24-9-7-22(29,8-10-24)13-25-14-23-17-6-4-3-5-16(17)19(25)27/h3-6,14-15,29H,7-13H2,1-2H3. The van der Waals surface area contributed by atoms with Crippen LogP contribution >= 0.6 is 0 Å². The van der Waals surface area contributed by atoms with Gasteiger partial charge >= 0.3 is 5.97 Å². The molecule has 1 aromatic heterocycles. The minimum absolute atomic E-state index is 0.0961. The summed E-state index contributed by atoms with van der Waals surface area (Å²) in [6.45, 7) is 4.60. The molecule has 30 heavy (non-hydrogen) atoms. The number of rotatable bonds is 4. The molecule has 2 fully saturated rings. The van der Waals surface area contributed by atoms with Gasteiger partial charge in [0.15, 0.2) is 0 Å². The Morgan fingerprint density at radius 3 is 2.60 bits per heavy atom. The van der Waals surface area contributed by atoms with Crippen molar-refractivity contribution >= 4 is 22.8 Å². The van der Waals surface area contributed by atoms with Gasteiger partial charge in [-0.05, 0) is 38.8 Å². The highest BCUT2D eigenvalue weighted by Crippen LogP contribution is 2.33. The summed E-state index contributed by atoms with van der Waals surface area (Å²) in [6, 6.07) is 7.12. The Balaban J connectivity index is 1.38. The van der Waals surface area contributed by atoms with E-state index < -0.39 is 17.1 Å². The first kappa shape index (κ1) is 20.5. The molecular formula is C22H27N3O5. The Bertz CT molecular complexity index is 1040. The third kappa shape index (κ3) is 4.09. The third-order valence-electron chi connectivity index (χ3n) is 6.11. The molecule has 8 nitrogen and oxygen atoms in total. The number of likely N-dealkylation sites (tertiary alicyclic amines) is 1. The van der Waals surface area contributed by atoms with Crippen LogP contribution in [-0.2, 0) is 20.9 Å². The van der Waals surface area contributed by atoms with Gasteiger partial charge in [-0.1, -0.05) is 12.1 Å². The predicted octanol–water partition coefficient (Wildman–Crippen LogP) is 1.48. The zero-order chi connectivity index (χ0) is 21.5. The lowest BCUT2D eigenvalue weighted by Crippen LogP contribution is -2.50. The van der Waals surface area contributed by atoms with E-state index in [9.17, 15) is 19.5 Å². The summed E-state index contributed by atoms with van der Waals surface area (Å²) in [6.07, 6.45) is 2.85. The fourth-order valence-corrected chi connectivity index (χ4v) is 4.44. The molecule has 4 rings (SSSR count). The number of cyclic esters (lactones) is 1. The molecule has 3 heterocycles. The van der Waals surface area contributed by atoms with E-state index >= 15 is 0 Å². The lowest BCUT2D eigenvalue weighted by Gasteiger charge is -2.38. The number of carbonyl (C=O) groups excluding carboxylic acids is 2. The number of fused-ring (bicyclic) bond motifs is 1. The molecule has 160 valence electrons. The average molecular weight is 413 g/mol. The van der Waals surface area contributed by atoms with Crippen molar-refractivity contribution < 1.29 is 19.4 Å². The van der Waals surface area contributed by atoms with Crippen LogP contribution in [-0.4, -0.2) is 55.7 Å². The number of aliphatic hydroxyl groups is 1. The third-order valence-corrected chi connectivity index (χ3v) is 6.11. The molecule has 0 saturated carbocycles. The highest BCUT2D eigenvalue weighted by atomic mass is 16.6. The monoisotopic (exact) mass is 413 g/mol. The largest absolute Gasteiger partial charge is 0.459 e. The molecular weight excluding hydrogens is 386 g/mol. The van der Waals surface area contributed by atoms with Crippen molar-refractivity contribution in [1.82, 2.24) is 14.5 Å². The minimum Gasteiger partial charge on any atom is -0.459 e. The first-order valence-electron chi connectivity index (χ1n) is 10.3. The molecule has 0 bridgehead atoms. The summed E-state index contributed by atoms with van der Waals surface area (Å²) < 4.78 is 6.74. The number of amides is 1. The Kier molecular flexibility index (Phi) is 5.13. The summed E-state index contributed by atoms with van der Waals surface area (Å²) in [5, 5.41) is 11.5. The summed E-state index contributed by atoms with van der Waals surface area (Å²) in [4.78, 5) is 43.3. The van der Waals surface area contributed by atoms with Gasteiger partial charge in [-0.25, -0.2) is 4.98 Å². The van der Waals surface area contributed by atoms with Crippen LogP contribution in [0.5, 0.6) is 0 Å². The second kappa shape index (κ2) is 7.50. The van der Waals surface area contributed by atoms with Crippen molar-refractivity contribution in [2.45, 2.75) is 57.3 Å². The van der Waals surface area contributed by atoms with E-state index in [-0.39, 0.29) is 30.4 Å². The van der Waals surface area contributed by atoms with E-state index in [0.29, 0.717) is 43.3 Å². The van der Waals surface area contributed by atoms with Crippen molar-refractivity contribution in [2.24, 2.45) is 5.92 Å². The van der Waals surface area contributed by atoms with Crippen LogP contribution in [0, 0.1) is 5.92 Å². The number of ether oxygens (including phenoxy) is 1. The molecule has 1 aromatic carbocycles. The second-order valence-electron chi connectivity index (χ2n) is 9.09. The number of nitrogens with zero attached hydrogens (tertiary/aromatic N) is 3. The van der Waals surface area contributed by atoms with Gasteiger partial charge in [-0.15, -0.1) is 0 Å². The lowest BCUT2D eigenvalue weighted by atomic mass is 9.90. The lowest BCUT2D eigenvalue weighted by molar-refractivity contribution is -0.151. The maximum absolute atomic E-state index is 12.7. The molecule has 2 saturated heterocycles. The van der Waals surface area contributed by atoms with Crippen molar-refractivity contribution in [1.29, 1.82) is 0 Å². The van der Waals surface area contributed by atoms with Crippen LogP contribution in [0.15, 0.2) is 35.4 Å². The SMILES string of the molecule is CC1(C)CC(CC(=O)N2CCC(O)(Cn3cnc4ccccc4c3=O)CC2)C(=O)O1. The van der Waals surface area contributed by atoms with E-state index in [1.165, 1.54) is 10.9 Å². The van der Waals surface area contributed by atoms with Gasteiger partial charge in [-0.2, -0.15) is 0 Å². The van der Waals surface area contributed by atoms with Gasteiger partial charge in [0.2, 0.25) is 5.91 Å². The molecule has 0 spiro atoms. The molecule has 2 aliphatic rings. The number of hydrogen-bond acceptors (Lipinski definition) is 6. The van der Waals surface area contributed by atoms with Crippen LogP contribution in [0.4, 0.5) is 0 Å². The van der Waals surface area contributed by atoms with Gasteiger partial charge in [0.05, 0.1) is 35.3 Å². The molecule has 1 atom stereocenters. The van der Waals surface area contributed by atoms with Gasteiger partial charge in [-0.3, -0.25) is 19.0 Å². The molecule has 0 aliphatic carbocycles. The van der Waals surface area contributed by atoms with Crippen LogP contribution < -0.4 is 5.56 Å². The van der Waals surface area contributed by atoms with Gasteiger partial charge in [0.25, 0.3) is 5.56 Å². The maximum atomic E-state index is 12.7. The van der Waals surface area contributed by atoms with E-state index in [4.69, 9.17) is 4.74 Å². The zero-order valence-corrected chi connectivity index (χ0v) is 17.3. The number of esters is 1. The Morgan fingerprint density at radius 1 is 1.23 bits per heavy atom. The fourth-order valence-electron chi connectivity index (χ4n) is 4.44. The Morgan fingerprint density at radius 2 is 1.93 bits per heavy atom. The highest BCUT2D eigenvalue weighted by Gasteiger charge is 2.42.